The Bertz CT molecular complexity index is 271. The summed E-state index contributed by atoms with van der Waals surface area (Å²) >= 11 is 0. The van der Waals surface area contributed by atoms with Crippen LogP contribution in [0.3, 0.4) is 0 Å². The minimum atomic E-state index is -3.12. The van der Waals surface area contributed by atoms with Gasteiger partial charge in [0.15, 0.2) is 0 Å². The molecule has 1 aliphatic rings. The van der Waals surface area contributed by atoms with Crippen LogP contribution in [0.15, 0.2) is 0 Å². The van der Waals surface area contributed by atoms with Gasteiger partial charge >= 0.3 is 0 Å². The van der Waals surface area contributed by atoms with E-state index in [0.29, 0.717) is 19.7 Å². The van der Waals surface area contributed by atoms with Crippen molar-refractivity contribution >= 4 is 10.0 Å². The SMILES string of the molecule is CCOC1CCN(S(=O)(=O)CCN)CC1. The van der Waals surface area contributed by atoms with Crippen LogP contribution in [0, 0.1) is 0 Å². The first-order valence-electron chi connectivity index (χ1n) is 5.39. The molecule has 0 amide bonds. The quantitative estimate of drug-likeness (QED) is 0.716. The maximum absolute atomic E-state index is 11.7. The predicted octanol–water partition coefficient (Wildman–Crippen LogP) is -0.224. The average Bonchev–Trinajstić information content (AvgIpc) is 2.19. The van der Waals surface area contributed by atoms with E-state index in [1.165, 1.54) is 4.31 Å². The van der Waals surface area contributed by atoms with Crippen molar-refractivity contribution in [2.75, 3.05) is 32.0 Å². The second-order valence-corrected chi connectivity index (χ2v) is 5.75. The molecule has 0 aliphatic carbocycles. The van der Waals surface area contributed by atoms with Gasteiger partial charge in [0.1, 0.15) is 0 Å². The molecule has 0 radical (unpaired) electrons. The van der Waals surface area contributed by atoms with Crippen LogP contribution in [0.1, 0.15) is 19.8 Å². The molecule has 1 heterocycles. The summed E-state index contributed by atoms with van der Waals surface area (Å²) in [5, 5.41) is 0. The zero-order valence-electron chi connectivity index (χ0n) is 9.18. The van der Waals surface area contributed by atoms with Crippen LogP contribution in [-0.2, 0) is 14.8 Å². The van der Waals surface area contributed by atoms with E-state index in [2.05, 4.69) is 0 Å². The van der Waals surface area contributed by atoms with E-state index in [1.54, 1.807) is 0 Å². The summed E-state index contributed by atoms with van der Waals surface area (Å²) < 4.78 is 30.3. The van der Waals surface area contributed by atoms with Crippen LogP contribution in [0.4, 0.5) is 0 Å². The van der Waals surface area contributed by atoms with E-state index in [9.17, 15) is 8.42 Å². The van der Waals surface area contributed by atoms with Crippen molar-refractivity contribution in [2.45, 2.75) is 25.9 Å². The maximum atomic E-state index is 11.7. The minimum absolute atomic E-state index is 0.0479. The molecule has 0 saturated carbocycles. The lowest BCUT2D eigenvalue weighted by Gasteiger charge is -2.30. The third-order valence-corrected chi connectivity index (χ3v) is 4.48. The summed E-state index contributed by atoms with van der Waals surface area (Å²) in [6.45, 7) is 3.96. The molecular formula is C9H20N2O3S. The number of piperidine rings is 1. The summed E-state index contributed by atoms with van der Waals surface area (Å²) in [5.41, 5.74) is 5.27. The highest BCUT2D eigenvalue weighted by Gasteiger charge is 2.27. The Morgan fingerprint density at radius 1 is 1.40 bits per heavy atom. The summed E-state index contributed by atoms with van der Waals surface area (Å²) in [6.07, 6.45) is 1.80. The standard InChI is InChI=1S/C9H20N2O3S/c1-2-14-9-3-6-11(7-4-9)15(12,13)8-5-10/h9H,2-8,10H2,1H3. The first-order valence-corrected chi connectivity index (χ1v) is 7.00. The van der Waals surface area contributed by atoms with Gasteiger partial charge in [0.25, 0.3) is 0 Å². The fourth-order valence-corrected chi connectivity index (χ4v) is 3.11. The largest absolute Gasteiger partial charge is 0.378 e. The summed E-state index contributed by atoms with van der Waals surface area (Å²) in [5.74, 6) is 0.0479. The maximum Gasteiger partial charge on any atom is 0.215 e. The number of hydrogen-bond donors (Lipinski definition) is 1. The first kappa shape index (κ1) is 12.9. The van der Waals surface area contributed by atoms with Crippen molar-refractivity contribution in [2.24, 2.45) is 5.73 Å². The van der Waals surface area contributed by atoms with Gasteiger partial charge in [-0.3, -0.25) is 0 Å². The number of sulfonamides is 1. The normalized spacial score (nSPS) is 20.7. The molecule has 15 heavy (non-hydrogen) atoms. The van der Waals surface area contributed by atoms with Crippen molar-refractivity contribution < 1.29 is 13.2 Å². The Labute approximate surface area is 91.6 Å². The molecule has 6 heteroatoms. The van der Waals surface area contributed by atoms with Crippen molar-refractivity contribution in [3.05, 3.63) is 0 Å². The molecular weight excluding hydrogens is 216 g/mol. The molecule has 1 fully saturated rings. The van der Waals surface area contributed by atoms with Gasteiger partial charge in [-0.05, 0) is 19.8 Å². The molecule has 90 valence electrons. The summed E-state index contributed by atoms with van der Waals surface area (Å²) in [4.78, 5) is 0. The van der Waals surface area contributed by atoms with Crippen molar-refractivity contribution in [3.63, 3.8) is 0 Å². The van der Waals surface area contributed by atoms with E-state index in [0.717, 1.165) is 12.8 Å². The van der Waals surface area contributed by atoms with E-state index >= 15 is 0 Å². The molecule has 1 rings (SSSR count). The number of nitrogens with zero attached hydrogens (tertiary/aromatic N) is 1. The monoisotopic (exact) mass is 236 g/mol. The van der Waals surface area contributed by atoms with Crippen LogP contribution in [-0.4, -0.2) is 50.8 Å². The lowest BCUT2D eigenvalue weighted by molar-refractivity contribution is 0.0290. The highest BCUT2D eigenvalue weighted by molar-refractivity contribution is 7.89. The predicted molar refractivity (Wildman–Crippen MR) is 59.1 cm³/mol. The topological polar surface area (TPSA) is 72.6 Å². The summed E-state index contributed by atoms with van der Waals surface area (Å²) in [6, 6.07) is 0. The lowest BCUT2D eigenvalue weighted by Crippen LogP contribution is -2.42. The molecule has 0 unspecified atom stereocenters. The van der Waals surface area contributed by atoms with Gasteiger partial charge in [0.05, 0.1) is 11.9 Å². The Morgan fingerprint density at radius 3 is 2.47 bits per heavy atom. The second kappa shape index (κ2) is 5.79. The molecule has 0 aromatic rings. The van der Waals surface area contributed by atoms with Gasteiger partial charge in [-0.1, -0.05) is 0 Å². The Balaban J connectivity index is 2.43. The summed E-state index contributed by atoms with van der Waals surface area (Å²) in [7, 11) is -3.12. The number of nitrogens with two attached hydrogens (primary N) is 1. The number of ether oxygens (including phenoxy) is 1. The Morgan fingerprint density at radius 2 is 2.00 bits per heavy atom. The molecule has 0 aromatic heterocycles. The number of hydrogen-bond acceptors (Lipinski definition) is 4. The second-order valence-electron chi connectivity index (χ2n) is 3.66. The van der Waals surface area contributed by atoms with Crippen molar-refractivity contribution in [1.82, 2.24) is 4.31 Å². The van der Waals surface area contributed by atoms with Gasteiger partial charge in [0.2, 0.25) is 10.0 Å². The first-order chi connectivity index (χ1) is 7.10. The molecule has 0 spiro atoms. The van der Waals surface area contributed by atoms with Gasteiger partial charge < -0.3 is 10.5 Å². The van der Waals surface area contributed by atoms with E-state index in [-0.39, 0.29) is 18.4 Å². The van der Waals surface area contributed by atoms with Crippen LogP contribution in [0.25, 0.3) is 0 Å². The Hall–Kier alpha value is -0.170. The van der Waals surface area contributed by atoms with Crippen LogP contribution < -0.4 is 5.73 Å². The zero-order valence-corrected chi connectivity index (χ0v) is 10.0. The third kappa shape index (κ3) is 3.71. The number of rotatable bonds is 5. The van der Waals surface area contributed by atoms with E-state index in [4.69, 9.17) is 10.5 Å². The van der Waals surface area contributed by atoms with Crippen LogP contribution >= 0.6 is 0 Å². The van der Waals surface area contributed by atoms with Crippen LogP contribution in [0.5, 0.6) is 0 Å². The molecule has 0 atom stereocenters. The van der Waals surface area contributed by atoms with E-state index in [1.807, 2.05) is 6.92 Å². The average molecular weight is 236 g/mol. The fourth-order valence-electron chi connectivity index (χ4n) is 1.79. The molecule has 1 saturated heterocycles. The minimum Gasteiger partial charge on any atom is -0.378 e. The third-order valence-electron chi connectivity index (χ3n) is 2.57. The van der Waals surface area contributed by atoms with Crippen molar-refractivity contribution in [1.29, 1.82) is 0 Å². The molecule has 2 N–H and O–H groups in total. The molecule has 1 aliphatic heterocycles. The van der Waals surface area contributed by atoms with Gasteiger partial charge in [-0.15, -0.1) is 0 Å². The zero-order chi connectivity index (χ0) is 11.3. The van der Waals surface area contributed by atoms with Gasteiger partial charge in [-0.25, -0.2) is 12.7 Å². The lowest BCUT2D eigenvalue weighted by atomic mass is 10.1. The molecule has 5 nitrogen and oxygen atoms in total. The molecule has 0 bridgehead atoms. The van der Waals surface area contributed by atoms with Gasteiger partial charge in [-0.2, -0.15) is 0 Å². The van der Waals surface area contributed by atoms with Gasteiger partial charge in [0, 0.05) is 26.2 Å². The molecule has 0 aromatic carbocycles. The van der Waals surface area contributed by atoms with Crippen LogP contribution in [0.2, 0.25) is 0 Å². The Kier molecular flexibility index (Phi) is 4.98. The van der Waals surface area contributed by atoms with Crippen molar-refractivity contribution in [3.8, 4) is 0 Å². The smallest absolute Gasteiger partial charge is 0.215 e. The highest BCUT2D eigenvalue weighted by Crippen LogP contribution is 2.16. The fraction of sp³-hybridized carbons (Fsp3) is 1.00. The highest BCUT2D eigenvalue weighted by atomic mass is 32.2. The van der Waals surface area contributed by atoms with E-state index < -0.39 is 10.0 Å².